The maximum atomic E-state index is 10.9. The van der Waals surface area contributed by atoms with Crippen molar-refractivity contribution < 1.29 is 8.97 Å². The Hall–Kier alpha value is -1.30. The summed E-state index contributed by atoms with van der Waals surface area (Å²) in [7, 11) is 0. The van der Waals surface area contributed by atoms with E-state index in [1.54, 1.807) is 30.5 Å². The maximum Gasteiger partial charge on any atom is 0.181 e. The fourth-order valence-corrected chi connectivity index (χ4v) is 1.52. The van der Waals surface area contributed by atoms with Crippen LogP contribution < -0.4 is 5.14 Å². The molecular weight excluding hydrogens is 200 g/mol. The number of hydrogen-bond donors (Lipinski definition) is 1. The van der Waals surface area contributed by atoms with E-state index in [0.29, 0.717) is 4.90 Å². The average Bonchev–Trinajstić information content (AvgIpc) is 2.71. The molecule has 2 rings (SSSR count). The van der Waals surface area contributed by atoms with Crippen LogP contribution in [0.3, 0.4) is 0 Å². The van der Waals surface area contributed by atoms with Crippen LogP contribution in [0.25, 0.3) is 11.3 Å². The van der Waals surface area contributed by atoms with Gasteiger partial charge in [0.2, 0.25) is 0 Å². The zero-order valence-corrected chi connectivity index (χ0v) is 8.03. The average molecular weight is 208 g/mol. The lowest BCUT2D eigenvalue weighted by molar-refractivity contribution is 0.558. The van der Waals surface area contributed by atoms with Crippen molar-refractivity contribution in [2.75, 3.05) is 0 Å². The molecule has 2 aromatic rings. The highest BCUT2D eigenvalue weighted by Gasteiger charge is 2.06. The third kappa shape index (κ3) is 1.79. The van der Waals surface area contributed by atoms with Gasteiger partial charge in [-0.1, -0.05) is 0 Å². The Balaban J connectivity index is 2.31. The minimum absolute atomic E-state index is 0.595. The molecule has 1 aromatic heterocycles. The first-order valence-electron chi connectivity index (χ1n) is 3.92. The van der Waals surface area contributed by atoms with E-state index < -0.39 is 11.4 Å². The summed E-state index contributed by atoms with van der Waals surface area (Å²) < 4.78 is 15.7. The van der Waals surface area contributed by atoms with E-state index in [1.807, 2.05) is 0 Å². The zero-order chi connectivity index (χ0) is 9.97. The molecule has 1 atom stereocenters. The fraction of sp³-hybridized carbons (Fsp3) is 0. The first kappa shape index (κ1) is 9.26. The van der Waals surface area contributed by atoms with Gasteiger partial charge in [0, 0.05) is 5.56 Å². The van der Waals surface area contributed by atoms with Crippen LogP contribution in [0.1, 0.15) is 0 Å². The Morgan fingerprint density at radius 1 is 1.29 bits per heavy atom. The first-order valence-corrected chi connectivity index (χ1v) is 5.13. The van der Waals surface area contributed by atoms with Gasteiger partial charge in [0.25, 0.3) is 0 Å². The predicted molar refractivity (Wildman–Crippen MR) is 52.5 cm³/mol. The fourth-order valence-electron chi connectivity index (χ4n) is 1.11. The Kier molecular flexibility index (Phi) is 2.53. The molecule has 0 aliphatic rings. The van der Waals surface area contributed by atoms with Crippen LogP contribution >= 0.6 is 0 Å². The molecule has 72 valence electrons. The molecule has 0 spiro atoms. The number of aromatic nitrogens is 1. The third-order valence-corrected chi connectivity index (χ3v) is 2.55. The summed E-state index contributed by atoms with van der Waals surface area (Å²) in [6.07, 6.45) is 2.92. The Labute approximate surface area is 84.1 Å². The normalized spacial score (nSPS) is 12.7. The van der Waals surface area contributed by atoms with Gasteiger partial charge in [0.05, 0.1) is 11.4 Å². The van der Waals surface area contributed by atoms with E-state index >= 15 is 0 Å². The summed E-state index contributed by atoms with van der Waals surface area (Å²) in [5, 5.41) is 5.22. The molecule has 0 bridgehead atoms. The second-order valence-corrected chi connectivity index (χ2v) is 3.76. The minimum atomic E-state index is -1.43. The molecule has 0 saturated heterocycles. The zero-order valence-electron chi connectivity index (χ0n) is 7.21. The molecule has 0 fully saturated rings. The second-order valence-electron chi connectivity index (χ2n) is 2.70. The Morgan fingerprint density at radius 3 is 2.50 bits per heavy atom. The van der Waals surface area contributed by atoms with Gasteiger partial charge in [-0.15, -0.1) is 5.14 Å². The van der Waals surface area contributed by atoms with Gasteiger partial charge >= 0.3 is 0 Å². The number of hydrogen-bond acceptors (Lipinski definition) is 4. The van der Waals surface area contributed by atoms with Gasteiger partial charge < -0.3 is 8.97 Å². The quantitative estimate of drug-likeness (QED) is 0.755. The lowest BCUT2D eigenvalue weighted by Gasteiger charge is -2.02. The summed E-state index contributed by atoms with van der Waals surface area (Å²) in [6.45, 7) is 0. The van der Waals surface area contributed by atoms with Crippen LogP contribution in [0.4, 0.5) is 0 Å². The van der Waals surface area contributed by atoms with Gasteiger partial charge in [-0.3, -0.25) is 0 Å². The topological polar surface area (TPSA) is 75.1 Å². The lowest BCUT2D eigenvalue weighted by atomic mass is 10.2. The number of oxazole rings is 1. The molecule has 0 radical (unpaired) electrons. The molecule has 1 unspecified atom stereocenters. The highest BCUT2D eigenvalue weighted by molar-refractivity contribution is 7.89. The standard InChI is InChI=1S/C9H8N2O2S/c10-14(12)8-3-1-7(2-4-8)9-5-13-6-11-9/h1-6H,10H2. The summed E-state index contributed by atoms with van der Waals surface area (Å²) in [4.78, 5) is 4.58. The molecule has 0 aliphatic heterocycles. The molecule has 2 N–H and O–H groups in total. The van der Waals surface area contributed by atoms with Gasteiger partial charge in [0.1, 0.15) is 12.0 Å². The van der Waals surface area contributed by atoms with E-state index in [9.17, 15) is 4.55 Å². The minimum Gasteiger partial charge on any atom is -0.593 e. The van der Waals surface area contributed by atoms with E-state index in [4.69, 9.17) is 9.56 Å². The number of benzene rings is 1. The summed E-state index contributed by atoms with van der Waals surface area (Å²) in [6, 6.07) is 7.02. The van der Waals surface area contributed by atoms with Gasteiger partial charge in [-0.2, -0.15) is 0 Å². The van der Waals surface area contributed by atoms with E-state index in [-0.39, 0.29) is 0 Å². The van der Waals surface area contributed by atoms with Gasteiger partial charge in [-0.25, -0.2) is 4.98 Å². The molecular formula is C9H8N2O2S. The van der Waals surface area contributed by atoms with E-state index in [2.05, 4.69) is 4.98 Å². The largest absolute Gasteiger partial charge is 0.593 e. The monoisotopic (exact) mass is 208 g/mol. The molecule has 0 aliphatic carbocycles. The molecule has 5 heteroatoms. The number of nitrogens with two attached hydrogens (primary N) is 1. The van der Waals surface area contributed by atoms with Gasteiger partial charge in [-0.05, 0) is 24.3 Å². The maximum absolute atomic E-state index is 10.9. The number of nitrogens with zero attached hydrogens (tertiary/aromatic N) is 1. The predicted octanol–water partition coefficient (Wildman–Crippen LogP) is 1.32. The van der Waals surface area contributed by atoms with E-state index in [1.165, 1.54) is 6.39 Å². The molecule has 14 heavy (non-hydrogen) atoms. The van der Waals surface area contributed by atoms with Crippen LogP contribution in [0.2, 0.25) is 0 Å². The SMILES string of the molecule is N[S+]([O-])c1ccc(-c2cocn2)cc1. The van der Waals surface area contributed by atoms with Crippen LogP contribution in [0.15, 0.2) is 46.2 Å². The van der Waals surface area contributed by atoms with Crippen molar-refractivity contribution in [1.29, 1.82) is 0 Å². The van der Waals surface area contributed by atoms with Crippen molar-refractivity contribution in [3.05, 3.63) is 36.9 Å². The van der Waals surface area contributed by atoms with Crippen molar-refractivity contribution >= 4 is 11.4 Å². The Bertz CT molecular complexity index is 397. The van der Waals surface area contributed by atoms with Crippen molar-refractivity contribution in [2.24, 2.45) is 5.14 Å². The molecule has 0 saturated carbocycles. The van der Waals surface area contributed by atoms with Crippen molar-refractivity contribution in [1.82, 2.24) is 4.98 Å². The molecule has 4 nitrogen and oxygen atoms in total. The van der Waals surface area contributed by atoms with Crippen molar-refractivity contribution in [3.8, 4) is 11.3 Å². The second kappa shape index (κ2) is 3.83. The number of rotatable bonds is 2. The first-order chi connectivity index (χ1) is 6.77. The summed E-state index contributed by atoms with van der Waals surface area (Å²) >= 11 is -1.43. The molecule has 1 heterocycles. The van der Waals surface area contributed by atoms with Gasteiger partial charge in [0.15, 0.2) is 11.3 Å². The van der Waals surface area contributed by atoms with Crippen LogP contribution in [-0.4, -0.2) is 9.54 Å². The molecule has 0 amide bonds. The highest BCUT2D eigenvalue weighted by atomic mass is 32.2. The third-order valence-electron chi connectivity index (χ3n) is 1.81. The Morgan fingerprint density at radius 2 is 2.00 bits per heavy atom. The summed E-state index contributed by atoms with van der Waals surface area (Å²) in [5.74, 6) is 0. The lowest BCUT2D eigenvalue weighted by Crippen LogP contribution is -2.11. The van der Waals surface area contributed by atoms with Crippen LogP contribution in [0.5, 0.6) is 0 Å². The molecule has 1 aromatic carbocycles. The highest BCUT2D eigenvalue weighted by Crippen LogP contribution is 2.18. The van der Waals surface area contributed by atoms with Crippen molar-refractivity contribution in [3.63, 3.8) is 0 Å². The summed E-state index contributed by atoms with van der Waals surface area (Å²) in [5.41, 5.74) is 1.66. The van der Waals surface area contributed by atoms with Crippen LogP contribution in [0, 0.1) is 0 Å². The smallest absolute Gasteiger partial charge is 0.181 e. The van der Waals surface area contributed by atoms with Crippen LogP contribution in [-0.2, 0) is 11.4 Å². The van der Waals surface area contributed by atoms with E-state index in [0.717, 1.165) is 11.3 Å². The van der Waals surface area contributed by atoms with Crippen molar-refractivity contribution in [2.45, 2.75) is 4.90 Å².